The first-order valence-electron chi connectivity index (χ1n) is 8.76. The first-order valence-corrected chi connectivity index (χ1v) is 8.76. The Morgan fingerprint density at radius 2 is 2.16 bits per heavy atom. The predicted octanol–water partition coefficient (Wildman–Crippen LogP) is 1.14. The largest absolute Gasteiger partial charge is 0.339 e. The SMILES string of the molecule is Cn1nc(C(=O)N2CCCC(Cc3nc(C4CC4)no3)C2)ccc1=O. The molecule has 3 heterocycles. The summed E-state index contributed by atoms with van der Waals surface area (Å²) in [6.45, 7) is 1.35. The van der Waals surface area contributed by atoms with Gasteiger partial charge in [-0.15, -0.1) is 0 Å². The van der Waals surface area contributed by atoms with Gasteiger partial charge in [0.15, 0.2) is 5.82 Å². The van der Waals surface area contributed by atoms with Crippen molar-refractivity contribution in [3.8, 4) is 0 Å². The lowest BCUT2D eigenvalue weighted by Gasteiger charge is -2.32. The third-order valence-electron chi connectivity index (χ3n) is 4.88. The van der Waals surface area contributed by atoms with Gasteiger partial charge >= 0.3 is 0 Å². The molecule has 25 heavy (non-hydrogen) atoms. The lowest BCUT2D eigenvalue weighted by Crippen LogP contribution is -2.41. The van der Waals surface area contributed by atoms with E-state index in [0.29, 0.717) is 42.9 Å². The Hall–Kier alpha value is -2.51. The zero-order valence-electron chi connectivity index (χ0n) is 14.2. The molecule has 0 bridgehead atoms. The Balaban J connectivity index is 1.41. The van der Waals surface area contributed by atoms with Crippen molar-refractivity contribution in [1.82, 2.24) is 24.8 Å². The molecule has 1 amide bonds. The van der Waals surface area contributed by atoms with Crippen LogP contribution in [0.25, 0.3) is 0 Å². The van der Waals surface area contributed by atoms with Gasteiger partial charge < -0.3 is 9.42 Å². The van der Waals surface area contributed by atoms with Gasteiger partial charge in [0.2, 0.25) is 5.89 Å². The van der Waals surface area contributed by atoms with Crippen molar-refractivity contribution in [1.29, 1.82) is 0 Å². The van der Waals surface area contributed by atoms with Crippen LogP contribution in [0.15, 0.2) is 21.5 Å². The highest BCUT2D eigenvalue weighted by Crippen LogP contribution is 2.38. The normalized spacial score (nSPS) is 20.7. The van der Waals surface area contributed by atoms with Crippen molar-refractivity contribution < 1.29 is 9.32 Å². The van der Waals surface area contributed by atoms with Crippen molar-refractivity contribution in [3.63, 3.8) is 0 Å². The van der Waals surface area contributed by atoms with Crippen LogP contribution < -0.4 is 5.56 Å². The molecule has 1 atom stereocenters. The fourth-order valence-corrected chi connectivity index (χ4v) is 3.30. The molecular formula is C17H21N5O3. The molecule has 2 aliphatic rings. The third-order valence-corrected chi connectivity index (χ3v) is 4.88. The number of likely N-dealkylation sites (tertiary alicyclic amines) is 1. The van der Waals surface area contributed by atoms with Crippen LogP contribution in [0.5, 0.6) is 0 Å². The Bertz CT molecular complexity index is 839. The second-order valence-electron chi connectivity index (χ2n) is 6.96. The fraction of sp³-hybridized carbons (Fsp3) is 0.588. The minimum atomic E-state index is -0.226. The van der Waals surface area contributed by atoms with Gasteiger partial charge in [0.25, 0.3) is 11.5 Å². The first-order chi connectivity index (χ1) is 12.1. The Morgan fingerprint density at radius 3 is 2.92 bits per heavy atom. The molecule has 2 aromatic heterocycles. The zero-order chi connectivity index (χ0) is 17.4. The van der Waals surface area contributed by atoms with Crippen LogP contribution in [0.4, 0.5) is 0 Å². The molecule has 2 fully saturated rings. The van der Waals surface area contributed by atoms with Crippen molar-refractivity contribution in [2.75, 3.05) is 13.1 Å². The number of aryl methyl sites for hydroxylation is 1. The summed E-state index contributed by atoms with van der Waals surface area (Å²) in [6.07, 6.45) is 4.97. The van der Waals surface area contributed by atoms with Crippen LogP contribution >= 0.6 is 0 Å². The van der Waals surface area contributed by atoms with Crippen molar-refractivity contribution in [2.45, 2.75) is 38.0 Å². The molecule has 1 saturated carbocycles. The summed E-state index contributed by atoms with van der Waals surface area (Å²) in [5.41, 5.74) is 0.0764. The molecule has 132 valence electrons. The monoisotopic (exact) mass is 343 g/mol. The van der Waals surface area contributed by atoms with E-state index in [2.05, 4.69) is 15.2 Å². The number of hydrogen-bond donors (Lipinski definition) is 0. The molecule has 8 nitrogen and oxygen atoms in total. The summed E-state index contributed by atoms with van der Waals surface area (Å²) in [7, 11) is 1.55. The highest BCUT2D eigenvalue weighted by molar-refractivity contribution is 5.92. The topological polar surface area (TPSA) is 94.1 Å². The summed E-state index contributed by atoms with van der Waals surface area (Å²) < 4.78 is 6.55. The Labute approximate surface area is 144 Å². The number of hydrogen-bond acceptors (Lipinski definition) is 6. The van der Waals surface area contributed by atoms with Gasteiger partial charge in [-0.1, -0.05) is 5.16 Å². The summed E-state index contributed by atoms with van der Waals surface area (Å²) in [6, 6.07) is 2.87. The van der Waals surface area contributed by atoms with Crippen LogP contribution in [0.3, 0.4) is 0 Å². The van der Waals surface area contributed by atoms with Crippen LogP contribution in [0.1, 0.15) is 53.8 Å². The van der Waals surface area contributed by atoms with E-state index in [9.17, 15) is 9.59 Å². The number of nitrogens with zero attached hydrogens (tertiary/aromatic N) is 5. The molecule has 1 aliphatic heterocycles. The van der Waals surface area contributed by atoms with Crippen LogP contribution in [0.2, 0.25) is 0 Å². The van der Waals surface area contributed by atoms with E-state index >= 15 is 0 Å². The molecular weight excluding hydrogens is 322 g/mol. The molecule has 0 radical (unpaired) electrons. The van der Waals surface area contributed by atoms with E-state index in [0.717, 1.165) is 31.5 Å². The second-order valence-corrected chi connectivity index (χ2v) is 6.96. The Morgan fingerprint density at radius 1 is 1.32 bits per heavy atom. The maximum absolute atomic E-state index is 12.7. The number of rotatable bonds is 4. The lowest BCUT2D eigenvalue weighted by atomic mass is 9.94. The van der Waals surface area contributed by atoms with Crippen molar-refractivity contribution >= 4 is 5.91 Å². The maximum atomic E-state index is 12.7. The molecule has 1 unspecified atom stereocenters. The predicted molar refractivity (Wildman–Crippen MR) is 88.1 cm³/mol. The van der Waals surface area contributed by atoms with Gasteiger partial charge in [-0.3, -0.25) is 9.59 Å². The molecule has 1 saturated heterocycles. The Kier molecular flexibility index (Phi) is 4.10. The molecule has 0 N–H and O–H groups in total. The minimum Gasteiger partial charge on any atom is -0.339 e. The van der Waals surface area contributed by atoms with Crippen LogP contribution in [0, 0.1) is 5.92 Å². The summed E-state index contributed by atoms with van der Waals surface area (Å²) in [5, 5.41) is 8.11. The number of aromatic nitrogens is 4. The quantitative estimate of drug-likeness (QED) is 0.826. The highest BCUT2D eigenvalue weighted by atomic mass is 16.5. The van der Waals surface area contributed by atoms with Crippen molar-refractivity contribution in [2.24, 2.45) is 13.0 Å². The molecule has 0 spiro atoms. The van der Waals surface area contributed by atoms with E-state index in [1.54, 1.807) is 11.9 Å². The van der Waals surface area contributed by atoms with E-state index in [4.69, 9.17) is 4.52 Å². The molecule has 2 aromatic rings. The molecule has 4 rings (SSSR count). The second kappa shape index (κ2) is 6.42. The maximum Gasteiger partial charge on any atom is 0.274 e. The minimum absolute atomic E-state index is 0.135. The lowest BCUT2D eigenvalue weighted by molar-refractivity contribution is 0.0659. The first kappa shape index (κ1) is 16.0. The average Bonchev–Trinajstić information content (AvgIpc) is 3.37. The smallest absolute Gasteiger partial charge is 0.274 e. The van der Waals surface area contributed by atoms with E-state index in [1.807, 2.05) is 0 Å². The number of carbonyl (C=O) groups excluding carboxylic acids is 1. The summed E-state index contributed by atoms with van der Waals surface area (Å²) in [5.74, 6) is 2.15. The highest BCUT2D eigenvalue weighted by Gasteiger charge is 2.30. The van der Waals surface area contributed by atoms with E-state index < -0.39 is 0 Å². The standard InChI is InChI=1S/C17H21N5O3/c1-21-15(23)7-6-13(19-21)17(24)22-8-2-3-11(10-22)9-14-18-16(20-25-14)12-4-5-12/h6-7,11-12H,2-5,8-10H2,1H3. The molecule has 0 aromatic carbocycles. The van der Waals surface area contributed by atoms with Gasteiger partial charge in [-0.05, 0) is 37.7 Å². The number of carbonyl (C=O) groups is 1. The van der Waals surface area contributed by atoms with Gasteiger partial charge in [-0.25, -0.2) is 4.68 Å². The third kappa shape index (κ3) is 3.47. The molecule has 8 heteroatoms. The van der Waals surface area contributed by atoms with Crippen molar-refractivity contribution in [3.05, 3.63) is 39.9 Å². The van der Waals surface area contributed by atoms with Crippen LogP contribution in [-0.4, -0.2) is 43.8 Å². The van der Waals surface area contributed by atoms with E-state index in [1.165, 1.54) is 16.8 Å². The van der Waals surface area contributed by atoms with Gasteiger partial charge in [-0.2, -0.15) is 10.1 Å². The van der Waals surface area contributed by atoms with Crippen LogP contribution in [-0.2, 0) is 13.5 Å². The average molecular weight is 343 g/mol. The molecule has 1 aliphatic carbocycles. The fourth-order valence-electron chi connectivity index (χ4n) is 3.30. The number of amides is 1. The van der Waals surface area contributed by atoms with Gasteiger partial charge in [0.1, 0.15) is 5.69 Å². The van der Waals surface area contributed by atoms with Gasteiger partial charge in [0.05, 0.1) is 0 Å². The summed E-state index contributed by atoms with van der Waals surface area (Å²) in [4.78, 5) is 30.4. The number of piperidine rings is 1. The zero-order valence-corrected chi connectivity index (χ0v) is 14.2. The van der Waals surface area contributed by atoms with Gasteiger partial charge in [0, 0.05) is 38.5 Å². The summed E-state index contributed by atoms with van der Waals surface area (Å²) >= 11 is 0. The van der Waals surface area contributed by atoms with E-state index in [-0.39, 0.29) is 11.5 Å².